The van der Waals surface area contributed by atoms with Crippen molar-refractivity contribution in [2.45, 2.75) is 86.5 Å². The summed E-state index contributed by atoms with van der Waals surface area (Å²) in [7, 11) is 0. The molecule has 1 rings (SSSR count). The molecule has 4 unspecified atom stereocenters. The quantitative estimate of drug-likeness (QED) is 0.286. The average Bonchev–Trinajstić information content (AvgIpc) is 2.77. The number of hydrogen-bond acceptors (Lipinski definition) is 0. The van der Waals surface area contributed by atoms with E-state index >= 15 is 0 Å². The number of unbranched alkanes of at least 4 members (excludes halogenated alkanes) is 1. The highest BCUT2D eigenvalue weighted by molar-refractivity contribution is 5.10. The summed E-state index contributed by atoms with van der Waals surface area (Å²) in [6, 6.07) is 0. The second-order valence-corrected chi connectivity index (χ2v) is 9.12. The van der Waals surface area contributed by atoms with Crippen LogP contribution in [0.5, 0.6) is 0 Å². The largest absolute Gasteiger partial charge is 0.0961 e. The van der Waals surface area contributed by atoms with Crippen molar-refractivity contribution in [3.8, 4) is 0 Å². The molecule has 0 aromatic carbocycles. The molecule has 23 heavy (non-hydrogen) atoms. The van der Waals surface area contributed by atoms with E-state index in [1.807, 2.05) is 0 Å². The first-order valence-electron chi connectivity index (χ1n) is 10.1. The van der Waals surface area contributed by atoms with Crippen LogP contribution in [0.25, 0.3) is 0 Å². The first kappa shape index (κ1) is 20.5. The van der Waals surface area contributed by atoms with Crippen molar-refractivity contribution in [3.05, 3.63) is 24.3 Å². The lowest BCUT2D eigenvalue weighted by atomic mass is 9.80. The van der Waals surface area contributed by atoms with Crippen LogP contribution < -0.4 is 0 Å². The summed E-state index contributed by atoms with van der Waals surface area (Å²) in [5.41, 5.74) is 1.17. The minimum atomic E-state index is 0.845. The van der Waals surface area contributed by atoms with E-state index in [0.717, 1.165) is 35.5 Å². The first-order valence-corrected chi connectivity index (χ1v) is 10.1. The van der Waals surface area contributed by atoms with Crippen molar-refractivity contribution < 1.29 is 0 Å². The Kier molecular flexibility index (Phi) is 9.25. The van der Waals surface area contributed by atoms with Crippen LogP contribution in [0.15, 0.2) is 24.3 Å². The normalized spacial score (nSPS) is 26.5. The van der Waals surface area contributed by atoms with Crippen molar-refractivity contribution in [1.82, 2.24) is 0 Å². The second-order valence-electron chi connectivity index (χ2n) is 9.12. The number of allylic oxidation sites excluding steroid dienone is 3. The summed E-state index contributed by atoms with van der Waals surface area (Å²) < 4.78 is 0. The van der Waals surface area contributed by atoms with Gasteiger partial charge in [0, 0.05) is 0 Å². The smallest absolute Gasteiger partial charge is 0.0347 e. The molecule has 0 aliphatic heterocycles. The lowest BCUT2D eigenvalue weighted by Gasteiger charge is -2.26. The zero-order chi connectivity index (χ0) is 17.4. The van der Waals surface area contributed by atoms with Crippen molar-refractivity contribution in [2.24, 2.45) is 35.5 Å². The average molecular weight is 319 g/mol. The molecule has 0 amide bonds. The monoisotopic (exact) mass is 318 g/mol. The van der Waals surface area contributed by atoms with E-state index in [1.54, 1.807) is 0 Å². The van der Waals surface area contributed by atoms with Gasteiger partial charge in [-0.3, -0.25) is 0 Å². The van der Waals surface area contributed by atoms with Gasteiger partial charge in [-0.25, -0.2) is 0 Å². The van der Waals surface area contributed by atoms with E-state index < -0.39 is 0 Å². The standard InChI is InChI=1S/C23H42/c1-17(2)11-9-8-10-12-22-15-21(14-20(22)7)16-23(19(5)6)13-18(3)4/h9,11,18-23H,1,8,10,12-16H2,2-7H3. The SMILES string of the molecule is C=C(C)C=CCCCC1CC(CC(CC(C)C)C(C)C)CC1C. The molecule has 0 heterocycles. The van der Waals surface area contributed by atoms with Crippen LogP contribution >= 0.6 is 0 Å². The molecular weight excluding hydrogens is 276 g/mol. The minimum Gasteiger partial charge on any atom is -0.0961 e. The lowest BCUT2D eigenvalue weighted by molar-refractivity contribution is 0.251. The van der Waals surface area contributed by atoms with E-state index in [9.17, 15) is 0 Å². The van der Waals surface area contributed by atoms with Crippen LogP contribution in [0.2, 0.25) is 0 Å². The van der Waals surface area contributed by atoms with Gasteiger partial charge in [-0.2, -0.15) is 0 Å². The Morgan fingerprint density at radius 3 is 2.43 bits per heavy atom. The van der Waals surface area contributed by atoms with Gasteiger partial charge in [0.1, 0.15) is 0 Å². The zero-order valence-electron chi connectivity index (χ0n) is 16.8. The molecule has 0 heteroatoms. The summed E-state index contributed by atoms with van der Waals surface area (Å²) >= 11 is 0. The maximum absolute atomic E-state index is 3.93. The predicted molar refractivity (Wildman–Crippen MR) is 106 cm³/mol. The highest BCUT2D eigenvalue weighted by atomic mass is 14.4. The van der Waals surface area contributed by atoms with Crippen molar-refractivity contribution in [3.63, 3.8) is 0 Å². The summed E-state index contributed by atoms with van der Waals surface area (Å²) in [6.07, 6.45) is 14.3. The molecule has 0 spiro atoms. The van der Waals surface area contributed by atoms with E-state index in [1.165, 1.54) is 50.5 Å². The molecule has 0 saturated heterocycles. The highest BCUT2D eigenvalue weighted by Gasteiger charge is 2.32. The van der Waals surface area contributed by atoms with Crippen LogP contribution in [0.4, 0.5) is 0 Å². The molecule has 0 aromatic rings. The van der Waals surface area contributed by atoms with E-state index in [0.29, 0.717) is 0 Å². The third kappa shape index (κ3) is 8.23. The van der Waals surface area contributed by atoms with Crippen LogP contribution in [0.3, 0.4) is 0 Å². The fourth-order valence-electron chi connectivity index (χ4n) is 4.53. The van der Waals surface area contributed by atoms with E-state index in [2.05, 4.69) is 60.3 Å². The fraction of sp³-hybridized carbons (Fsp3) is 0.826. The molecule has 0 nitrogen and oxygen atoms in total. The highest BCUT2D eigenvalue weighted by Crippen LogP contribution is 2.43. The molecule has 1 aliphatic carbocycles. The summed E-state index contributed by atoms with van der Waals surface area (Å²) in [6.45, 7) is 18.1. The van der Waals surface area contributed by atoms with Crippen molar-refractivity contribution in [1.29, 1.82) is 0 Å². The Morgan fingerprint density at radius 2 is 1.87 bits per heavy atom. The van der Waals surface area contributed by atoms with Gasteiger partial charge >= 0.3 is 0 Å². The lowest BCUT2D eigenvalue weighted by Crippen LogP contribution is -2.15. The van der Waals surface area contributed by atoms with Gasteiger partial charge in [-0.1, -0.05) is 58.9 Å². The van der Waals surface area contributed by atoms with Gasteiger partial charge in [0.05, 0.1) is 0 Å². The first-order chi connectivity index (χ1) is 10.8. The summed E-state index contributed by atoms with van der Waals surface area (Å²) in [5, 5.41) is 0. The number of hydrogen-bond donors (Lipinski definition) is 0. The van der Waals surface area contributed by atoms with Crippen LogP contribution in [-0.2, 0) is 0 Å². The Morgan fingerprint density at radius 1 is 1.17 bits per heavy atom. The van der Waals surface area contributed by atoms with Crippen LogP contribution in [-0.4, -0.2) is 0 Å². The maximum Gasteiger partial charge on any atom is -0.0347 e. The van der Waals surface area contributed by atoms with Crippen molar-refractivity contribution in [2.75, 3.05) is 0 Å². The van der Waals surface area contributed by atoms with Gasteiger partial charge in [0.2, 0.25) is 0 Å². The third-order valence-corrected chi connectivity index (χ3v) is 5.85. The summed E-state index contributed by atoms with van der Waals surface area (Å²) in [5.74, 6) is 5.54. The molecule has 0 N–H and O–H groups in total. The maximum atomic E-state index is 3.93. The summed E-state index contributed by atoms with van der Waals surface area (Å²) in [4.78, 5) is 0. The minimum absolute atomic E-state index is 0.845. The molecule has 134 valence electrons. The Bertz CT molecular complexity index is 360. The van der Waals surface area contributed by atoms with Gasteiger partial charge in [-0.05, 0) is 87.4 Å². The Balaban J connectivity index is 2.37. The van der Waals surface area contributed by atoms with Gasteiger partial charge in [0.25, 0.3) is 0 Å². The predicted octanol–water partition coefficient (Wildman–Crippen LogP) is 7.66. The molecular formula is C23H42. The third-order valence-electron chi connectivity index (χ3n) is 5.85. The van der Waals surface area contributed by atoms with Crippen LogP contribution in [0.1, 0.15) is 86.5 Å². The molecule has 4 atom stereocenters. The Labute approximate surface area is 146 Å². The number of rotatable bonds is 10. The van der Waals surface area contributed by atoms with E-state index in [4.69, 9.17) is 0 Å². The molecule has 1 aliphatic rings. The van der Waals surface area contributed by atoms with E-state index in [-0.39, 0.29) is 0 Å². The molecule has 0 bridgehead atoms. The van der Waals surface area contributed by atoms with Gasteiger partial charge in [-0.15, -0.1) is 0 Å². The van der Waals surface area contributed by atoms with Crippen LogP contribution in [0, 0.1) is 35.5 Å². The second kappa shape index (κ2) is 10.4. The molecule has 1 saturated carbocycles. The van der Waals surface area contributed by atoms with Gasteiger partial charge in [0.15, 0.2) is 0 Å². The molecule has 0 radical (unpaired) electrons. The van der Waals surface area contributed by atoms with Crippen molar-refractivity contribution >= 4 is 0 Å². The zero-order valence-corrected chi connectivity index (χ0v) is 16.8. The fourth-order valence-corrected chi connectivity index (χ4v) is 4.53. The molecule has 0 aromatic heterocycles. The Hall–Kier alpha value is -0.520. The topological polar surface area (TPSA) is 0 Å². The van der Waals surface area contributed by atoms with Gasteiger partial charge < -0.3 is 0 Å². The molecule has 1 fully saturated rings.